The molecule has 0 spiro atoms. The number of ether oxygens (including phenoxy) is 1. The fraction of sp³-hybridized carbons (Fsp3) is 0.250. The average Bonchev–Trinajstić information content (AvgIpc) is 2.41. The quantitative estimate of drug-likeness (QED) is 0.791. The summed E-state index contributed by atoms with van der Waals surface area (Å²) < 4.78 is 18.9. The summed E-state index contributed by atoms with van der Waals surface area (Å²) in [5.74, 6) is 0.593. The number of rotatable bonds is 5. The number of hydrogen-bond donors (Lipinski definition) is 1. The van der Waals surface area contributed by atoms with Crippen molar-refractivity contribution in [3.63, 3.8) is 0 Å². The van der Waals surface area contributed by atoms with Crippen molar-refractivity contribution in [1.29, 1.82) is 0 Å². The fourth-order valence-electron chi connectivity index (χ4n) is 1.76. The lowest BCUT2D eigenvalue weighted by Gasteiger charge is -2.14. The summed E-state index contributed by atoms with van der Waals surface area (Å²) in [5.41, 5.74) is 0.952. The highest BCUT2D eigenvalue weighted by Gasteiger charge is 2.10. The molecule has 2 aromatic carbocycles. The molecule has 0 atom stereocenters. The number of hydrogen-bond acceptors (Lipinski definition) is 2. The van der Waals surface area contributed by atoms with Crippen LogP contribution in [0.3, 0.4) is 0 Å². The molecule has 0 fully saturated rings. The molecule has 112 valence electrons. The fourth-order valence-corrected chi connectivity index (χ4v) is 2.13. The van der Waals surface area contributed by atoms with Gasteiger partial charge in [0.1, 0.15) is 17.3 Å². The van der Waals surface area contributed by atoms with Crippen LogP contribution in [-0.2, 0) is 6.54 Å². The summed E-state index contributed by atoms with van der Waals surface area (Å²) in [6, 6.07) is 9.79. The first kappa shape index (κ1) is 16.1. The monoisotopic (exact) mass is 327 g/mol. The van der Waals surface area contributed by atoms with E-state index in [9.17, 15) is 4.39 Å². The summed E-state index contributed by atoms with van der Waals surface area (Å²) in [7, 11) is 0. The highest BCUT2D eigenvalue weighted by molar-refractivity contribution is 6.32. The van der Waals surface area contributed by atoms with Crippen molar-refractivity contribution in [2.45, 2.75) is 26.4 Å². The summed E-state index contributed by atoms with van der Waals surface area (Å²) >= 11 is 12.0. The van der Waals surface area contributed by atoms with Crippen molar-refractivity contribution in [2.75, 3.05) is 0 Å². The van der Waals surface area contributed by atoms with E-state index in [-0.39, 0.29) is 5.02 Å². The van der Waals surface area contributed by atoms with E-state index in [1.165, 1.54) is 18.2 Å². The maximum absolute atomic E-state index is 13.1. The number of halogens is 3. The molecule has 2 nitrogen and oxygen atoms in total. The van der Waals surface area contributed by atoms with Crippen molar-refractivity contribution in [3.05, 3.63) is 57.8 Å². The maximum Gasteiger partial charge on any atom is 0.146 e. The first-order valence-electron chi connectivity index (χ1n) is 6.60. The number of nitrogens with one attached hydrogen (secondary N) is 1. The maximum atomic E-state index is 13.1. The SMILES string of the molecule is CC(C)NCc1ccc(Cl)cc1Oc1ccc(F)cc1Cl. The zero-order chi connectivity index (χ0) is 15.4. The molecule has 5 heteroatoms. The molecule has 0 saturated carbocycles. The van der Waals surface area contributed by atoms with E-state index in [1.54, 1.807) is 12.1 Å². The normalized spacial score (nSPS) is 11.0. The van der Waals surface area contributed by atoms with Crippen molar-refractivity contribution in [1.82, 2.24) is 5.32 Å². The van der Waals surface area contributed by atoms with Crippen molar-refractivity contribution < 1.29 is 9.13 Å². The number of benzene rings is 2. The molecule has 1 N–H and O–H groups in total. The Balaban J connectivity index is 2.27. The lowest BCUT2D eigenvalue weighted by atomic mass is 10.2. The molecule has 2 aromatic rings. The third kappa shape index (κ3) is 4.60. The molecule has 0 amide bonds. The van der Waals surface area contributed by atoms with E-state index in [4.69, 9.17) is 27.9 Å². The average molecular weight is 328 g/mol. The van der Waals surface area contributed by atoms with Crippen molar-refractivity contribution in [2.24, 2.45) is 0 Å². The van der Waals surface area contributed by atoms with Gasteiger partial charge in [0.05, 0.1) is 5.02 Å². The van der Waals surface area contributed by atoms with Gasteiger partial charge in [0.25, 0.3) is 0 Å². The topological polar surface area (TPSA) is 21.3 Å². The van der Waals surface area contributed by atoms with Crippen LogP contribution in [0.5, 0.6) is 11.5 Å². The van der Waals surface area contributed by atoms with Crippen LogP contribution >= 0.6 is 23.2 Å². The Kier molecular flexibility index (Phi) is 5.45. The largest absolute Gasteiger partial charge is 0.455 e. The Morgan fingerprint density at radius 2 is 1.86 bits per heavy atom. The van der Waals surface area contributed by atoms with E-state index in [2.05, 4.69) is 19.2 Å². The summed E-state index contributed by atoms with van der Waals surface area (Å²) in [5, 5.41) is 4.10. The molecule has 0 aliphatic rings. The first-order chi connectivity index (χ1) is 9.95. The zero-order valence-electron chi connectivity index (χ0n) is 11.8. The summed E-state index contributed by atoms with van der Waals surface area (Å²) in [4.78, 5) is 0. The van der Waals surface area contributed by atoms with Crippen LogP contribution in [0, 0.1) is 5.82 Å². The van der Waals surface area contributed by atoms with E-state index < -0.39 is 5.82 Å². The van der Waals surface area contributed by atoms with Crippen LogP contribution in [0.1, 0.15) is 19.4 Å². The van der Waals surface area contributed by atoms with Gasteiger partial charge in [0.15, 0.2) is 0 Å². The molecule has 0 bridgehead atoms. The molecule has 0 aliphatic heterocycles. The second kappa shape index (κ2) is 7.12. The Bertz CT molecular complexity index is 632. The molecule has 0 aliphatic carbocycles. The van der Waals surface area contributed by atoms with Gasteiger partial charge in [-0.2, -0.15) is 0 Å². The van der Waals surface area contributed by atoms with Gasteiger partial charge < -0.3 is 10.1 Å². The first-order valence-corrected chi connectivity index (χ1v) is 7.36. The predicted molar refractivity (Wildman–Crippen MR) is 84.9 cm³/mol. The van der Waals surface area contributed by atoms with E-state index in [1.807, 2.05) is 6.07 Å². The van der Waals surface area contributed by atoms with E-state index in [0.29, 0.717) is 29.1 Å². The van der Waals surface area contributed by atoms with Gasteiger partial charge in [-0.05, 0) is 30.3 Å². The lowest BCUT2D eigenvalue weighted by molar-refractivity contribution is 0.468. The van der Waals surface area contributed by atoms with Crippen LogP contribution in [0.25, 0.3) is 0 Å². The Morgan fingerprint density at radius 1 is 1.10 bits per heavy atom. The minimum Gasteiger partial charge on any atom is -0.455 e. The highest BCUT2D eigenvalue weighted by Crippen LogP contribution is 2.33. The van der Waals surface area contributed by atoms with Gasteiger partial charge in [-0.25, -0.2) is 4.39 Å². The van der Waals surface area contributed by atoms with E-state index >= 15 is 0 Å². The van der Waals surface area contributed by atoms with Crippen molar-refractivity contribution >= 4 is 23.2 Å². The molecule has 21 heavy (non-hydrogen) atoms. The van der Waals surface area contributed by atoms with Gasteiger partial charge >= 0.3 is 0 Å². The summed E-state index contributed by atoms with van der Waals surface area (Å²) in [6.07, 6.45) is 0. The van der Waals surface area contributed by atoms with Gasteiger partial charge in [-0.1, -0.05) is 43.1 Å². The van der Waals surface area contributed by atoms with E-state index in [0.717, 1.165) is 5.56 Å². The smallest absolute Gasteiger partial charge is 0.146 e. The molecular formula is C16H16Cl2FNO. The van der Waals surface area contributed by atoms with Crippen molar-refractivity contribution in [3.8, 4) is 11.5 Å². The van der Waals surface area contributed by atoms with Crippen LogP contribution in [-0.4, -0.2) is 6.04 Å². The third-order valence-electron chi connectivity index (χ3n) is 2.84. The Hall–Kier alpha value is -1.29. The molecule has 0 heterocycles. The van der Waals surface area contributed by atoms with Gasteiger partial charge in [-0.15, -0.1) is 0 Å². The van der Waals surface area contributed by atoms with Gasteiger partial charge in [0, 0.05) is 23.2 Å². The summed E-state index contributed by atoms with van der Waals surface area (Å²) in [6.45, 7) is 4.77. The minimum atomic E-state index is -0.403. The second-order valence-electron chi connectivity index (χ2n) is 4.96. The molecule has 2 rings (SSSR count). The van der Waals surface area contributed by atoms with Crippen LogP contribution in [0.2, 0.25) is 10.0 Å². The zero-order valence-corrected chi connectivity index (χ0v) is 13.3. The van der Waals surface area contributed by atoms with Gasteiger partial charge in [0.2, 0.25) is 0 Å². The second-order valence-corrected chi connectivity index (χ2v) is 5.81. The third-order valence-corrected chi connectivity index (χ3v) is 3.37. The Morgan fingerprint density at radius 3 is 2.52 bits per heavy atom. The highest BCUT2D eigenvalue weighted by atomic mass is 35.5. The van der Waals surface area contributed by atoms with Gasteiger partial charge in [-0.3, -0.25) is 0 Å². The molecule has 0 aromatic heterocycles. The minimum absolute atomic E-state index is 0.220. The standard InChI is InChI=1S/C16H16Cl2FNO/c1-10(2)20-9-11-3-4-12(17)7-16(11)21-15-6-5-13(19)8-14(15)18/h3-8,10,20H,9H2,1-2H3. The Labute approximate surface area is 133 Å². The van der Waals surface area contributed by atoms with Crippen LogP contribution in [0.15, 0.2) is 36.4 Å². The molecular weight excluding hydrogens is 312 g/mol. The molecule has 0 unspecified atom stereocenters. The molecule has 0 radical (unpaired) electrons. The lowest BCUT2D eigenvalue weighted by Crippen LogP contribution is -2.22. The predicted octanol–water partition coefficient (Wildman–Crippen LogP) is 5.42. The van der Waals surface area contributed by atoms with Crippen LogP contribution in [0.4, 0.5) is 4.39 Å². The van der Waals surface area contributed by atoms with Crippen LogP contribution < -0.4 is 10.1 Å². The molecule has 0 saturated heterocycles.